The van der Waals surface area contributed by atoms with Gasteiger partial charge in [-0.05, 0) is 29.8 Å². The Morgan fingerprint density at radius 2 is 1.84 bits per heavy atom. The van der Waals surface area contributed by atoms with Gasteiger partial charge in [-0.25, -0.2) is 0 Å². The van der Waals surface area contributed by atoms with E-state index in [0.717, 1.165) is 11.1 Å². The van der Waals surface area contributed by atoms with E-state index >= 15 is 0 Å². The Balaban J connectivity index is 1.54. The summed E-state index contributed by atoms with van der Waals surface area (Å²) in [5.41, 5.74) is 1.66. The zero-order valence-electron chi connectivity index (χ0n) is 12.7. The number of aromatic nitrogens is 2. The molecule has 0 bridgehead atoms. The summed E-state index contributed by atoms with van der Waals surface area (Å²) in [5.74, 6) is 0.220. The minimum atomic E-state index is -0.335. The van der Waals surface area contributed by atoms with Crippen LogP contribution in [-0.4, -0.2) is 21.3 Å². The van der Waals surface area contributed by atoms with E-state index in [9.17, 15) is 4.79 Å². The van der Waals surface area contributed by atoms with Gasteiger partial charge in [0.25, 0.3) is 0 Å². The molecule has 4 rings (SSSR count). The van der Waals surface area contributed by atoms with Crippen LogP contribution >= 0.6 is 23.4 Å². The minimum absolute atomic E-state index is 0.0847. The lowest BCUT2D eigenvalue weighted by Gasteiger charge is -2.03. The molecule has 2 aromatic carbocycles. The molecule has 25 heavy (non-hydrogen) atoms. The Hall–Kier alpha value is -2.64. The third-order valence-electron chi connectivity index (χ3n) is 3.50. The number of hydrogen-bond acceptors (Lipinski definition) is 6. The first-order chi connectivity index (χ1) is 12.2. The number of nitrogens with zero attached hydrogens (tertiary/aromatic N) is 3. The maximum atomic E-state index is 12.1. The number of amides is 1. The van der Waals surface area contributed by atoms with Gasteiger partial charge in [-0.15, -0.1) is 5.10 Å². The number of nitrogens with one attached hydrogen (secondary N) is 1. The van der Waals surface area contributed by atoms with Crippen LogP contribution in [0.4, 0.5) is 6.01 Å². The van der Waals surface area contributed by atoms with Crippen molar-refractivity contribution in [1.29, 1.82) is 0 Å². The molecule has 0 spiro atoms. The second kappa shape index (κ2) is 6.70. The molecule has 1 amide bonds. The fourth-order valence-corrected chi connectivity index (χ4v) is 3.42. The van der Waals surface area contributed by atoms with Gasteiger partial charge in [-0.2, -0.15) is 4.99 Å². The van der Waals surface area contributed by atoms with Crippen molar-refractivity contribution in [3.05, 3.63) is 65.2 Å². The molecule has 8 heteroatoms. The second-order valence-corrected chi connectivity index (χ2v) is 6.74. The third-order valence-corrected chi connectivity index (χ3v) is 4.89. The molecule has 6 nitrogen and oxygen atoms in total. The predicted octanol–water partition coefficient (Wildman–Crippen LogP) is 3.98. The van der Waals surface area contributed by atoms with Gasteiger partial charge in [0, 0.05) is 10.6 Å². The van der Waals surface area contributed by atoms with Crippen LogP contribution in [0.15, 0.2) is 64.0 Å². The Morgan fingerprint density at radius 1 is 1.08 bits per heavy atom. The van der Waals surface area contributed by atoms with Gasteiger partial charge in [0.2, 0.25) is 11.8 Å². The number of benzene rings is 2. The van der Waals surface area contributed by atoms with Gasteiger partial charge in [-0.1, -0.05) is 58.8 Å². The number of amidine groups is 1. The summed E-state index contributed by atoms with van der Waals surface area (Å²) in [5, 5.41) is 11.3. The molecule has 0 radical (unpaired) electrons. The Kier molecular flexibility index (Phi) is 4.25. The number of carbonyl (C=O) groups is 1. The lowest BCUT2D eigenvalue weighted by Crippen LogP contribution is -2.21. The lowest BCUT2D eigenvalue weighted by atomic mass is 10.1. The molecule has 1 aliphatic heterocycles. The monoisotopic (exact) mass is 370 g/mol. The Labute approximate surface area is 152 Å². The molecule has 2 heterocycles. The van der Waals surface area contributed by atoms with Crippen molar-refractivity contribution in [3.8, 4) is 11.5 Å². The molecule has 3 aromatic rings. The first kappa shape index (κ1) is 15.9. The molecule has 1 N–H and O–H groups in total. The van der Waals surface area contributed by atoms with Crippen LogP contribution in [0.5, 0.6) is 0 Å². The van der Waals surface area contributed by atoms with Crippen LogP contribution in [0.2, 0.25) is 5.02 Å². The quantitative estimate of drug-likeness (QED) is 0.754. The van der Waals surface area contributed by atoms with Gasteiger partial charge in [0.1, 0.15) is 5.25 Å². The number of aliphatic imine (C=N–C) groups is 1. The molecule has 1 atom stereocenters. The van der Waals surface area contributed by atoms with Crippen LogP contribution in [0.1, 0.15) is 10.8 Å². The van der Waals surface area contributed by atoms with Crippen molar-refractivity contribution in [1.82, 2.24) is 15.5 Å². The molecule has 124 valence electrons. The predicted molar refractivity (Wildman–Crippen MR) is 96.8 cm³/mol. The van der Waals surface area contributed by atoms with E-state index in [1.807, 2.05) is 30.3 Å². The number of carbonyl (C=O) groups excluding carboxylic acids is 1. The van der Waals surface area contributed by atoms with Gasteiger partial charge in [0.05, 0.1) is 0 Å². The molecule has 1 aromatic heterocycles. The fraction of sp³-hybridized carbons (Fsp3) is 0.0588. The second-order valence-electron chi connectivity index (χ2n) is 5.21. The maximum absolute atomic E-state index is 12.1. The molecule has 1 aliphatic rings. The number of rotatable bonds is 3. The largest absolute Gasteiger partial charge is 0.402 e. The standard InChI is InChI=1S/C17H11ClN4O2S/c18-12-8-6-11(7-9-12)15-21-22-16(24-15)20-17-19-14(23)13(25-17)10-4-2-1-3-5-10/h1-9,13H,(H,19,20,22,23). The van der Waals surface area contributed by atoms with Gasteiger partial charge < -0.3 is 9.73 Å². The van der Waals surface area contributed by atoms with Crippen LogP contribution < -0.4 is 5.32 Å². The van der Waals surface area contributed by atoms with Crippen LogP contribution in [0.25, 0.3) is 11.5 Å². The van der Waals surface area contributed by atoms with Gasteiger partial charge in [0.15, 0.2) is 5.17 Å². The molecule has 0 aliphatic carbocycles. The summed E-state index contributed by atoms with van der Waals surface area (Å²) in [7, 11) is 0. The van der Waals surface area contributed by atoms with Gasteiger partial charge >= 0.3 is 6.01 Å². The molecule has 1 unspecified atom stereocenters. The maximum Gasteiger partial charge on any atom is 0.345 e. The average Bonchev–Trinajstić information content (AvgIpc) is 3.23. The summed E-state index contributed by atoms with van der Waals surface area (Å²) in [6.45, 7) is 0. The first-order valence-electron chi connectivity index (χ1n) is 7.40. The van der Waals surface area contributed by atoms with E-state index in [0.29, 0.717) is 16.1 Å². The third kappa shape index (κ3) is 3.42. The van der Waals surface area contributed by atoms with E-state index in [-0.39, 0.29) is 17.2 Å². The highest BCUT2D eigenvalue weighted by atomic mass is 35.5. The van der Waals surface area contributed by atoms with E-state index < -0.39 is 0 Å². The highest BCUT2D eigenvalue weighted by Gasteiger charge is 2.31. The highest BCUT2D eigenvalue weighted by molar-refractivity contribution is 8.15. The van der Waals surface area contributed by atoms with Crippen LogP contribution in [0.3, 0.4) is 0 Å². The molecule has 0 saturated carbocycles. The summed E-state index contributed by atoms with van der Waals surface area (Å²) >= 11 is 7.18. The van der Waals surface area contributed by atoms with Crippen molar-refractivity contribution >= 4 is 40.5 Å². The number of halogens is 1. The van der Waals surface area contributed by atoms with Gasteiger partial charge in [-0.3, -0.25) is 4.79 Å². The fourth-order valence-electron chi connectivity index (χ4n) is 2.32. The van der Waals surface area contributed by atoms with E-state index in [1.165, 1.54) is 11.8 Å². The van der Waals surface area contributed by atoms with Crippen LogP contribution in [0, 0.1) is 0 Å². The SMILES string of the molecule is O=C1N/C(=N\c2nnc(-c3ccc(Cl)cc3)o2)SC1c1ccccc1. The van der Waals surface area contributed by atoms with Crippen molar-refractivity contribution in [3.63, 3.8) is 0 Å². The summed E-state index contributed by atoms with van der Waals surface area (Å²) in [6, 6.07) is 16.7. The van der Waals surface area contributed by atoms with Crippen molar-refractivity contribution in [2.24, 2.45) is 4.99 Å². The molecular weight excluding hydrogens is 360 g/mol. The summed E-state index contributed by atoms with van der Waals surface area (Å²) in [6.07, 6.45) is 0. The summed E-state index contributed by atoms with van der Waals surface area (Å²) < 4.78 is 5.53. The smallest absolute Gasteiger partial charge is 0.345 e. The average molecular weight is 371 g/mol. The number of hydrogen-bond donors (Lipinski definition) is 1. The minimum Gasteiger partial charge on any atom is -0.402 e. The van der Waals surface area contributed by atoms with E-state index in [1.54, 1.807) is 24.3 Å². The molecule has 1 saturated heterocycles. The Morgan fingerprint density at radius 3 is 2.60 bits per heavy atom. The lowest BCUT2D eigenvalue weighted by molar-refractivity contribution is -0.118. The van der Waals surface area contributed by atoms with E-state index in [2.05, 4.69) is 20.5 Å². The van der Waals surface area contributed by atoms with Crippen LogP contribution in [-0.2, 0) is 4.79 Å². The zero-order valence-corrected chi connectivity index (χ0v) is 14.3. The zero-order chi connectivity index (χ0) is 17.2. The normalized spacial score (nSPS) is 18.5. The summed E-state index contributed by atoms with van der Waals surface area (Å²) in [4.78, 5) is 16.4. The Bertz CT molecular complexity index is 941. The first-order valence-corrected chi connectivity index (χ1v) is 8.65. The molecule has 1 fully saturated rings. The van der Waals surface area contributed by atoms with Crippen molar-refractivity contribution in [2.75, 3.05) is 0 Å². The van der Waals surface area contributed by atoms with E-state index in [4.69, 9.17) is 16.0 Å². The van der Waals surface area contributed by atoms with Crippen molar-refractivity contribution in [2.45, 2.75) is 5.25 Å². The highest BCUT2D eigenvalue weighted by Crippen LogP contribution is 2.35. The molecular formula is C17H11ClN4O2S. The number of thioether (sulfide) groups is 1. The topological polar surface area (TPSA) is 80.4 Å². The van der Waals surface area contributed by atoms with Crippen molar-refractivity contribution < 1.29 is 9.21 Å².